The third kappa shape index (κ3) is 2.50. The number of hydrogen-bond donors (Lipinski definition) is 1. The number of benzene rings is 1. The topological polar surface area (TPSA) is 33.7 Å². The van der Waals surface area contributed by atoms with Crippen molar-refractivity contribution in [2.24, 2.45) is 0 Å². The molecular weight excluding hydrogens is 240 g/mol. The highest BCUT2D eigenvalue weighted by Gasteiger charge is 2.24. The largest absolute Gasteiger partial charge is 0.454 e. The summed E-state index contributed by atoms with van der Waals surface area (Å²) in [6, 6.07) is 7.55. The fourth-order valence-electron chi connectivity index (χ4n) is 3.07. The van der Waals surface area contributed by atoms with E-state index in [0.717, 1.165) is 11.5 Å². The second-order valence-electron chi connectivity index (χ2n) is 5.44. The summed E-state index contributed by atoms with van der Waals surface area (Å²) < 4.78 is 10.8. The lowest BCUT2D eigenvalue weighted by Crippen LogP contribution is -2.39. The highest BCUT2D eigenvalue weighted by Crippen LogP contribution is 2.36. The van der Waals surface area contributed by atoms with Crippen molar-refractivity contribution in [2.75, 3.05) is 25.8 Å². The zero-order chi connectivity index (χ0) is 13.2. The number of nitrogens with one attached hydrogen (secondary N) is 1. The van der Waals surface area contributed by atoms with Gasteiger partial charge in [0.2, 0.25) is 6.79 Å². The molecule has 3 rings (SSSR count). The lowest BCUT2D eigenvalue weighted by atomic mass is 9.90. The number of rotatable bonds is 3. The summed E-state index contributed by atoms with van der Waals surface area (Å²) >= 11 is 0. The molecule has 0 amide bonds. The molecule has 0 saturated heterocycles. The van der Waals surface area contributed by atoms with Crippen LogP contribution >= 0.6 is 0 Å². The molecule has 1 heterocycles. The van der Waals surface area contributed by atoms with Crippen molar-refractivity contribution in [2.45, 2.75) is 37.8 Å². The van der Waals surface area contributed by atoms with Crippen molar-refractivity contribution < 1.29 is 9.47 Å². The molecule has 1 aromatic rings. The fraction of sp³-hybridized carbons (Fsp3) is 0.600. The zero-order valence-electron chi connectivity index (χ0n) is 11.7. The SMILES string of the molecule is CNC1CCC(N(C)c2ccc3c(c2)OCO3)CC1. The van der Waals surface area contributed by atoms with E-state index in [1.807, 2.05) is 6.07 Å². The molecule has 1 saturated carbocycles. The quantitative estimate of drug-likeness (QED) is 0.907. The van der Waals surface area contributed by atoms with Gasteiger partial charge in [0, 0.05) is 30.9 Å². The average molecular weight is 262 g/mol. The smallest absolute Gasteiger partial charge is 0.231 e. The predicted molar refractivity (Wildman–Crippen MR) is 76.1 cm³/mol. The van der Waals surface area contributed by atoms with Gasteiger partial charge < -0.3 is 19.7 Å². The monoisotopic (exact) mass is 262 g/mol. The van der Waals surface area contributed by atoms with Gasteiger partial charge in [-0.3, -0.25) is 0 Å². The Kier molecular flexibility index (Phi) is 3.51. The van der Waals surface area contributed by atoms with Gasteiger partial charge in [-0.05, 0) is 44.9 Å². The molecule has 0 spiro atoms. The molecule has 4 nitrogen and oxygen atoms in total. The van der Waals surface area contributed by atoms with Crippen molar-refractivity contribution in [1.29, 1.82) is 0 Å². The van der Waals surface area contributed by atoms with E-state index in [2.05, 4.69) is 36.4 Å². The molecule has 1 fully saturated rings. The van der Waals surface area contributed by atoms with Crippen LogP contribution in [0, 0.1) is 0 Å². The van der Waals surface area contributed by atoms with Gasteiger partial charge in [0.05, 0.1) is 0 Å². The maximum Gasteiger partial charge on any atom is 0.231 e. The number of fused-ring (bicyclic) bond motifs is 1. The van der Waals surface area contributed by atoms with Gasteiger partial charge in [0.25, 0.3) is 0 Å². The summed E-state index contributed by atoms with van der Waals surface area (Å²) in [6.45, 7) is 0.343. The van der Waals surface area contributed by atoms with E-state index >= 15 is 0 Å². The van der Waals surface area contributed by atoms with Crippen molar-refractivity contribution in [1.82, 2.24) is 5.32 Å². The first-order chi connectivity index (χ1) is 9.28. The zero-order valence-corrected chi connectivity index (χ0v) is 11.7. The van der Waals surface area contributed by atoms with Crippen molar-refractivity contribution in [3.05, 3.63) is 18.2 Å². The molecule has 4 heteroatoms. The van der Waals surface area contributed by atoms with Gasteiger partial charge in [0.1, 0.15) is 0 Å². The molecular formula is C15H22N2O2. The van der Waals surface area contributed by atoms with Crippen LogP contribution in [0.4, 0.5) is 5.69 Å². The van der Waals surface area contributed by atoms with Crippen LogP contribution in [-0.2, 0) is 0 Å². The van der Waals surface area contributed by atoms with E-state index in [9.17, 15) is 0 Å². The lowest BCUT2D eigenvalue weighted by Gasteiger charge is -2.36. The molecule has 1 aliphatic heterocycles. The van der Waals surface area contributed by atoms with Crippen molar-refractivity contribution >= 4 is 5.69 Å². The first-order valence-corrected chi connectivity index (χ1v) is 7.07. The van der Waals surface area contributed by atoms with Gasteiger partial charge in [-0.2, -0.15) is 0 Å². The normalized spacial score (nSPS) is 25.4. The molecule has 2 aliphatic rings. The molecule has 1 aromatic carbocycles. The summed E-state index contributed by atoms with van der Waals surface area (Å²) in [5, 5.41) is 3.38. The summed E-state index contributed by atoms with van der Waals surface area (Å²) in [7, 11) is 4.24. The molecule has 0 unspecified atom stereocenters. The van der Waals surface area contributed by atoms with Gasteiger partial charge in [-0.1, -0.05) is 0 Å². The predicted octanol–water partition coefficient (Wildman–Crippen LogP) is 2.38. The molecule has 19 heavy (non-hydrogen) atoms. The van der Waals surface area contributed by atoms with E-state index in [-0.39, 0.29) is 0 Å². The minimum absolute atomic E-state index is 0.343. The maximum absolute atomic E-state index is 5.45. The van der Waals surface area contributed by atoms with Crippen LogP contribution in [-0.4, -0.2) is 33.0 Å². The van der Waals surface area contributed by atoms with E-state index in [1.165, 1.54) is 31.4 Å². The van der Waals surface area contributed by atoms with Crippen LogP contribution in [0.15, 0.2) is 18.2 Å². The van der Waals surface area contributed by atoms with E-state index < -0.39 is 0 Å². The molecule has 0 radical (unpaired) electrons. The minimum atomic E-state index is 0.343. The average Bonchev–Trinajstić information content (AvgIpc) is 2.94. The van der Waals surface area contributed by atoms with Crippen molar-refractivity contribution in [3.63, 3.8) is 0 Å². The summed E-state index contributed by atoms with van der Waals surface area (Å²) in [4.78, 5) is 2.38. The minimum Gasteiger partial charge on any atom is -0.454 e. The third-order valence-electron chi connectivity index (χ3n) is 4.42. The third-order valence-corrected chi connectivity index (χ3v) is 4.42. The van der Waals surface area contributed by atoms with Crippen LogP contribution in [0.2, 0.25) is 0 Å². The van der Waals surface area contributed by atoms with Crippen LogP contribution in [0.3, 0.4) is 0 Å². The Morgan fingerprint density at radius 3 is 2.58 bits per heavy atom. The van der Waals surface area contributed by atoms with Gasteiger partial charge in [-0.25, -0.2) is 0 Å². The maximum atomic E-state index is 5.45. The standard InChI is InChI=1S/C15H22N2O2/c1-16-11-3-5-12(6-4-11)17(2)13-7-8-14-15(9-13)19-10-18-14/h7-9,11-12,16H,3-6,10H2,1-2H3. The highest BCUT2D eigenvalue weighted by molar-refractivity contribution is 5.57. The summed E-state index contributed by atoms with van der Waals surface area (Å²) in [6.07, 6.45) is 5.01. The van der Waals surface area contributed by atoms with Crippen LogP contribution in [0.25, 0.3) is 0 Å². The second kappa shape index (κ2) is 5.29. The Bertz CT molecular complexity index is 442. The summed E-state index contributed by atoms with van der Waals surface area (Å²) in [5.74, 6) is 1.73. The van der Waals surface area contributed by atoms with Crippen molar-refractivity contribution in [3.8, 4) is 11.5 Å². The molecule has 1 N–H and O–H groups in total. The Balaban J connectivity index is 1.68. The number of anilines is 1. The first-order valence-electron chi connectivity index (χ1n) is 7.07. The first kappa shape index (κ1) is 12.6. The lowest BCUT2D eigenvalue weighted by molar-refractivity contribution is 0.174. The molecule has 0 aromatic heterocycles. The van der Waals surface area contributed by atoms with Gasteiger partial charge in [-0.15, -0.1) is 0 Å². The molecule has 104 valence electrons. The fourth-order valence-corrected chi connectivity index (χ4v) is 3.07. The Morgan fingerprint density at radius 1 is 1.11 bits per heavy atom. The van der Waals surface area contributed by atoms with Crippen LogP contribution in [0.5, 0.6) is 11.5 Å². The van der Waals surface area contributed by atoms with E-state index in [4.69, 9.17) is 9.47 Å². The Labute approximate surface area is 114 Å². The second-order valence-corrected chi connectivity index (χ2v) is 5.44. The van der Waals surface area contributed by atoms with Crippen LogP contribution in [0.1, 0.15) is 25.7 Å². The van der Waals surface area contributed by atoms with E-state index in [1.54, 1.807) is 0 Å². The summed E-state index contributed by atoms with van der Waals surface area (Å²) in [5.41, 5.74) is 1.22. The Morgan fingerprint density at radius 2 is 1.84 bits per heavy atom. The molecule has 0 bridgehead atoms. The molecule has 1 aliphatic carbocycles. The molecule has 0 atom stereocenters. The highest BCUT2D eigenvalue weighted by atomic mass is 16.7. The van der Waals surface area contributed by atoms with E-state index in [0.29, 0.717) is 18.9 Å². The van der Waals surface area contributed by atoms with Gasteiger partial charge >= 0.3 is 0 Å². The number of ether oxygens (including phenoxy) is 2. The Hall–Kier alpha value is -1.42. The number of nitrogens with zero attached hydrogens (tertiary/aromatic N) is 1. The number of hydrogen-bond acceptors (Lipinski definition) is 4. The van der Waals surface area contributed by atoms with Gasteiger partial charge in [0.15, 0.2) is 11.5 Å². The van der Waals surface area contributed by atoms with Crippen LogP contribution < -0.4 is 19.7 Å².